The van der Waals surface area contributed by atoms with Crippen molar-refractivity contribution >= 4 is 17.6 Å². The number of amidine groups is 1. The number of ether oxygens (including phenoxy) is 1. The standard InChI is InChI=1S/C18H17N5O2/c19-9-13-4-8-16(21-10-13)17(24)22-14-5-1-12(2-6-14)3-7-15-11-25-18(20)23-15/h1-2,4-6,8,10,15H,3,7,11H2,(H2,20,23)(H,22,24). The number of carbonyl (C=O) groups is 1. The Labute approximate surface area is 145 Å². The van der Waals surface area contributed by atoms with Crippen molar-refractivity contribution in [3.8, 4) is 6.07 Å². The highest BCUT2D eigenvalue weighted by atomic mass is 16.5. The minimum Gasteiger partial charge on any atom is -0.463 e. The molecule has 2 aromatic rings. The maximum Gasteiger partial charge on any atom is 0.282 e. The van der Waals surface area contributed by atoms with E-state index in [0.29, 0.717) is 17.9 Å². The second-order valence-corrected chi connectivity index (χ2v) is 5.67. The zero-order valence-corrected chi connectivity index (χ0v) is 13.5. The smallest absolute Gasteiger partial charge is 0.282 e. The van der Waals surface area contributed by atoms with Gasteiger partial charge in [0.25, 0.3) is 11.9 Å². The van der Waals surface area contributed by atoms with E-state index in [4.69, 9.17) is 15.7 Å². The second kappa shape index (κ2) is 7.45. The number of carbonyl (C=O) groups excluding carboxylic acids is 1. The predicted octanol–water partition coefficient (Wildman–Crippen LogP) is 1.85. The summed E-state index contributed by atoms with van der Waals surface area (Å²) in [7, 11) is 0. The average Bonchev–Trinajstić information content (AvgIpc) is 3.06. The number of rotatable bonds is 5. The van der Waals surface area contributed by atoms with Gasteiger partial charge < -0.3 is 15.8 Å². The van der Waals surface area contributed by atoms with Crippen molar-refractivity contribution in [3.63, 3.8) is 0 Å². The van der Waals surface area contributed by atoms with Crippen molar-refractivity contribution in [2.75, 3.05) is 11.9 Å². The highest BCUT2D eigenvalue weighted by Gasteiger charge is 2.16. The van der Waals surface area contributed by atoms with Crippen LogP contribution in [-0.4, -0.2) is 29.6 Å². The minimum atomic E-state index is -0.315. The second-order valence-electron chi connectivity index (χ2n) is 5.67. The van der Waals surface area contributed by atoms with Gasteiger partial charge in [-0.15, -0.1) is 0 Å². The summed E-state index contributed by atoms with van der Waals surface area (Å²) in [5, 5.41) is 11.5. The fraction of sp³-hybridized carbons (Fsp3) is 0.222. The molecule has 25 heavy (non-hydrogen) atoms. The van der Waals surface area contributed by atoms with Gasteiger partial charge in [-0.3, -0.25) is 4.79 Å². The van der Waals surface area contributed by atoms with E-state index in [1.807, 2.05) is 30.3 Å². The number of pyridine rings is 1. The van der Waals surface area contributed by atoms with Gasteiger partial charge >= 0.3 is 0 Å². The summed E-state index contributed by atoms with van der Waals surface area (Å²) < 4.78 is 5.13. The summed E-state index contributed by atoms with van der Waals surface area (Å²) >= 11 is 0. The highest BCUT2D eigenvalue weighted by Crippen LogP contribution is 2.15. The molecule has 1 aromatic carbocycles. The molecular formula is C18H17N5O2. The average molecular weight is 335 g/mol. The van der Waals surface area contributed by atoms with Crippen LogP contribution in [0.4, 0.5) is 5.69 Å². The van der Waals surface area contributed by atoms with E-state index in [0.717, 1.165) is 18.4 Å². The third-order valence-electron chi connectivity index (χ3n) is 3.84. The van der Waals surface area contributed by atoms with E-state index >= 15 is 0 Å². The Morgan fingerprint density at radius 3 is 2.72 bits per heavy atom. The zero-order valence-electron chi connectivity index (χ0n) is 13.5. The SMILES string of the molecule is N#Cc1ccc(C(=O)Nc2ccc(CCC3COC(N)=N3)cc2)nc1. The van der Waals surface area contributed by atoms with E-state index in [1.165, 1.54) is 12.3 Å². The van der Waals surface area contributed by atoms with Gasteiger partial charge in [0.05, 0.1) is 11.6 Å². The molecule has 1 unspecified atom stereocenters. The van der Waals surface area contributed by atoms with E-state index < -0.39 is 0 Å². The monoisotopic (exact) mass is 335 g/mol. The molecule has 126 valence electrons. The van der Waals surface area contributed by atoms with Gasteiger partial charge in [0.1, 0.15) is 18.4 Å². The van der Waals surface area contributed by atoms with Gasteiger partial charge in [0, 0.05) is 11.9 Å². The number of hydrogen-bond acceptors (Lipinski definition) is 6. The van der Waals surface area contributed by atoms with Crippen LogP contribution in [0.25, 0.3) is 0 Å². The molecule has 1 amide bonds. The number of aliphatic imine (C=N–C) groups is 1. The van der Waals surface area contributed by atoms with E-state index in [2.05, 4.69) is 15.3 Å². The Morgan fingerprint density at radius 2 is 2.12 bits per heavy atom. The molecule has 1 atom stereocenters. The first-order valence-corrected chi connectivity index (χ1v) is 7.86. The van der Waals surface area contributed by atoms with Crippen LogP contribution < -0.4 is 11.1 Å². The lowest BCUT2D eigenvalue weighted by atomic mass is 10.1. The number of benzene rings is 1. The molecule has 7 heteroatoms. The normalized spacial score (nSPS) is 15.8. The molecule has 0 saturated carbocycles. The Bertz CT molecular complexity index is 822. The van der Waals surface area contributed by atoms with Crippen LogP contribution in [0.3, 0.4) is 0 Å². The maximum atomic E-state index is 12.1. The van der Waals surface area contributed by atoms with Crippen molar-refractivity contribution in [3.05, 3.63) is 59.4 Å². The van der Waals surface area contributed by atoms with Gasteiger partial charge in [0.2, 0.25) is 0 Å². The number of nitrogens with one attached hydrogen (secondary N) is 1. The number of aryl methyl sites for hydroxylation is 1. The molecule has 3 rings (SSSR count). The molecule has 1 aromatic heterocycles. The minimum absolute atomic E-state index is 0.113. The molecule has 0 saturated heterocycles. The van der Waals surface area contributed by atoms with Crippen molar-refractivity contribution in [2.45, 2.75) is 18.9 Å². The van der Waals surface area contributed by atoms with Crippen LogP contribution in [-0.2, 0) is 11.2 Å². The van der Waals surface area contributed by atoms with Crippen LogP contribution in [0, 0.1) is 11.3 Å². The molecule has 0 radical (unpaired) electrons. The lowest BCUT2D eigenvalue weighted by Gasteiger charge is -2.08. The van der Waals surface area contributed by atoms with Crippen molar-refractivity contribution in [1.29, 1.82) is 5.26 Å². The molecule has 0 spiro atoms. The van der Waals surface area contributed by atoms with Crippen LogP contribution in [0.2, 0.25) is 0 Å². The van der Waals surface area contributed by atoms with Gasteiger partial charge in [0.15, 0.2) is 0 Å². The predicted molar refractivity (Wildman–Crippen MR) is 93.0 cm³/mol. The summed E-state index contributed by atoms with van der Waals surface area (Å²) in [6.45, 7) is 0.539. The van der Waals surface area contributed by atoms with Crippen LogP contribution >= 0.6 is 0 Å². The van der Waals surface area contributed by atoms with E-state index in [-0.39, 0.29) is 23.7 Å². The van der Waals surface area contributed by atoms with Crippen LogP contribution in [0.15, 0.2) is 47.6 Å². The summed E-state index contributed by atoms with van der Waals surface area (Å²) in [5.74, 6) is -0.315. The quantitative estimate of drug-likeness (QED) is 0.865. The number of anilines is 1. The summed E-state index contributed by atoms with van der Waals surface area (Å²) in [5.41, 5.74) is 8.01. The summed E-state index contributed by atoms with van der Waals surface area (Å²) in [4.78, 5) is 20.3. The number of amides is 1. The molecule has 7 nitrogen and oxygen atoms in total. The Hall–Kier alpha value is -3.40. The number of nitriles is 1. The van der Waals surface area contributed by atoms with Gasteiger partial charge in [-0.1, -0.05) is 12.1 Å². The molecule has 3 N–H and O–H groups in total. The maximum absolute atomic E-state index is 12.1. The van der Waals surface area contributed by atoms with Crippen molar-refractivity contribution in [1.82, 2.24) is 4.98 Å². The molecule has 1 aliphatic rings. The molecule has 1 aliphatic heterocycles. The highest BCUT2D eigenvalue weighted by molar-refractivity contribution is 6.02. The molecule has 0 bridgehead atoms. The third kappa shape index (κ3) is 4.32. The van der Waals surface area contributed by atoms with Gasteiger partial charge in [-0.25, -0.2) is 9.98 Å². The summed E-state index contributed by atoms with van der Waals surface area (Å²) in [6, 6.07) is 13.1. The first-order valence-electron chi connectivity index (χ1n) is 7.86. The van der Waals surface area contributed by atoms with Crippen molar-refractivity contribution in [2.24, 2.45) is 10.7 Å². The number of hydrogen-bond donors (Lipinski definition) is 2. The lowest BCUT2D eigenvalue weighted by molar-refractivity contribution is 0.102. The summed E-state index contributed by atoms with van der Waals surface area (Å²) in [6.07, 6.45) is 3.10. The van der Waals surface area contributed by atoms with Gasteiger partial charge in [-0.2, -0.15) is 5.26 Å². The Balaban J connectivity index is 1.54. The van der Waals surface area contributed by atoms with E-state index in [9.17, 15) is 4.79 Å². The van der Waals surface area contributed by atoms with Crippen LogP contribution in [0.1, 0.15) is 28.0 Å². The topological polar surface area (TPSA) is 113 Å². The first kappa shape index (κ1) is 16.5. The fourth-order valence-corrected chi connectivity index (χ4v) is 2.46. The molecule has 0 fully saturated rings. The third-order valence-corrected chi connectivity index (χ3v) is 3.84. The molecule has 2 heterocycles. The molecule has 0 aliphatic carbocycles. The lowest BCUT2D eigenvalue weighted by Crippen LogP contribution is -2.13. The largest absolute Gasteiger partial charge is 0.463 e. The number of nitrogens with zero attached hydrogens (tertiary/aromatic N) is 3. The number of aromatic nitrogens is 1. The van der Waals surface area contributed by atoms with Crippen molar-refractivity contribution < 1.29 is 9.53 Å². The molecular weight excluding hydrogens is 318 g/mol. The van der Waals surface area contributed by atoms with E-state index in [1.54, 1.807) is 6.07 Å². The van der Waals surface area contributed by atoms with Crippen LogP contribution in [0.5, 0.6) is 0 Å². The zero-order chi connectivity index (χ0) is 17.6. The Morgan fingerprint density at radius 1 is 1.32 bits per heavy atom. The Kier molecular flexibility index (Phi) is 4.90. The number of nitrogens with two attached hydrogens (primary N) is 1. The van der Waals surface area contributed by atoms with Gasteiger partial charge in [-0.05, 0) is 42.7 Å². The first-order chi connectivity index (χ1) is 12.1. The fourth-order valence-electron chi connectivity index (χ4n) is 2.46.